The van der Waals surface area contributed by atoms with Crippen LogP contribution in [0.3, 0.4) is 0 Å². The van der Waals surface area contributed by atoms with Crippen LogP contribution in [0.1, 0.15) is 16.7 Å². The summed E-state index contributed by atoms with van der Waals surface area (Å²) in [5.74, 6) is -0.336. The van der Waals surface area contributed by atoms with E-state index in [9.17, 15) is 9.59 Å². The van der Waals surface area contributed by atoms with Gasteiger partial charge in [-0.2, -0.15) is 5.10 Å². The van der Waals surface area contributed by atoms with Crippen molar-refractivity contribution < 1.29 is 24.2 Å². The van der Waals surface area contributed by atoms with Crippen molar-refractivity contribution in [1.29, 1.82) is 0 Å². The van der Waals surface area contributed by atoms with Crippen LogP contribution >= 0.6 is 0 Å². The number of benzene rings is 2. The lowest BCUT2D eigenvalue weighted by atomic mass is 10.1. The van der Waals surface area contributed by atoms with Gasteiger partial charge >= 0.3 is 5.97 Å². The average Bonchev–Trinajstić information content (AvgIpc) is 2.58. The molecule has 0 fully saturated rings. The molecule has 0 aliphatic carbocycles. The number of carboxylic acid groups (broad SMARTS) is 1. The van der Waals surface area contributed by atoms with Crippen LogP contribution in [0, 0.1) is 13.8 Å². The largest absolute Gasteiger partial charge is 0.484 e. The van der Waals surface area contributed by atoms with E-state index in [1.165, 1.54) is 6.21 Å². The highest BCUT2D eigenvalue weighted by Crippen LogP contribution is 2.16. The predicted octanol–water partition coefficient (Wildman–Crippen LogP) is 2.30. The maximum atomic E-state index is 11.8. The van der Waals surface area contributed by atoms with Gasteiger partial charge in [0.05, 0.1) is 6.21 Å². The molecule has 2 aromatic carbocycles. The van der Waals surface area contributed by atoms with Gasteiger partial charge in [-0.05, 0) is 66.9 Å². The topological polar surface area (TPSA) is 97.2 Å². The number of carbonyl (C=O) groups excluding carboxylic acids is 1. The van der Waals surface area contributed by atoms with Crippen LogP contribution in [-0.2, 0) is 9.59 Å². The van der Waals surface area contributed by atoms with Crippen molar-refractivity contribution in [2.45, 2.75) is 13.8 Å². The molecule has 0 saturated carbocycles. The van der Waals surface area contributed by atoms with E-state index in [2.05, 4.69) is 10.5 Å². The Balaban J connectivity index is 1.78. The fourth-order valence-electron chi connectivity index (χ4n) is 2.17. The van der Waals surface area contributed by atoms with Gasteiger partial charge in [0.15, 0.2) is 13.2 Å². The SMILES string of the molecule is Cc1cc(C)cc(OCC(=O)N/N=C\c2ccc(OCC(=O)O)cc2)c1. The van der Waals surface area contributed by atoms with Gasteiger partial charge in [-0.15, -0.1) is 0 Å². The minimum atomic E-state index is -1.04. The fraction of sp³-hybridized carbons (Fsp3) is 0.211. The zero-order valence-electron chi connectivity index (χ0n) is 14.6. The van der Waals surface area contributed by atoms with Crippen molar-refractivity contribution in [2.24, 2.45) is 5.10 Å². The standard InChI is InChI=1S/C19H20N2O5/c1-13-7-14(2)9-17(8-13)25-11-18(22)21-20-10-15-3-5-16(6-4-15)26-12-19(23)24/h3-10H,11-12H2,1-2H3,(H,21,22)(H,23,24)/b20-10-. The first-order valence-corrected chi connectivity index (χ1v) is 7.90. The van der Waals surface area contributed by atoms with Crippen LogP contribution in [-0.4, -0.2) is 36.4 Å². The molecule has 0 radical (unpaired) electrons. The Kier molecular flexibility index (Phi) is 6.73. The van der Waals surface area contributed by atoms with E-state index in [-0.39, 0.29) is 12.5 Å². The number of hydrogen-bond acceptors (Lipinski definition) is 5. The van der Waals surface area contributed by atoms with E-state index in [0.29, 0.717) is 11.5 Å². The Hall–Kier alpha value is -3.35. The van der Waals surface area contributed by atoms with Crippen LogP contribution in [0.2, 0.25) is 0 Å². The molecule has 2 aromatic rings. The molecule has 0 heterocycles. The monoisotopic (exact) mass is 356 g/mol. The highest BCUT2D eigenvalue weighted by Gasteiger charge is 2.03. The Morgan fingerprint density at radius 1 is 1.00 bits per heavy atom. The zero-order chi connectivity index (χ0) is 18.9. The van der Waals surface area contributed by atoms with Gasteiger partial charge in [-0.3, -0.25) is 4.79 Å². The van der Waals surface area contributed by atoms with Gasteiger partial charge < -0.3 is 14.6 Å². The molecule has 0 bridgehead atoms. The van der Waals surface area contributed by atoms with Gasteiger partial charge in [0.2, 0.25) is 0 Å². The molecule has 0 aromatic heterocycles. The van der Waals surface area contributed by atoms with Gasteiger partial charge in [0, 0.05) is 0 Å². The molecule has 2 N–H and O–H groups in total. The van der Waals surface area contributed by atoms with Crippen LogP contribution in [0.4, 0.5) is 0 Å². The van der Waals surface area contributed by atoms with E-state index in [0.717, 1.165) is 16.7 Å². The Labute approximate surface area is 151 Å². The molecule has 0 saturated heterocycles. The molecule has 7 heteroatoms. The lowest BCUT2D eigenvalue weighted by Crippen LogP contribution is -2.24. The zero-order valence-corrected chi connectivity index (χ0v) is 14.6. The molecule has 0 unspecified atom stereocenters. The molecule has 0 aliphatic rings. The van der Waals surface area contributed by atoms with Crippen molar-refractivity contribution in [2.75, 3.05) is 13.2 Å². The first-order valence-electron chi connectivity index (χ1n) is 7.90. The van der Waals surface area contributed by atoms with E-state index in [1.807, 2.05) is 32.0 Å². The van der Waals surface area contributed by atoms with Gasteiger partial charge in [-0.25, -0.2) is 10.2 Å². The number of carbonyl (C=O) groups is 2. The van der Waals surface area contributed by atoms with Gasteiger partial charge in [-0.1, -0.05) is 6.07 Å². The normalized spacial score (nSPS) is 10.5. The third-order valence-corrected chi connectivity index (χ3v) is 3.21. The number of hydrazone groups is 1. The summed E-state index contributed by atoms with van der Waals surface area (Å²) in [6, 6.07) is 12.4. The number of carboxylic acids is 1. The minimum absolute atomic E-state index is 0.137. The summed E-state index contributed by atoms with van der Waals surface area (Å²) >= 11 is 0. The maximum absolute atomic E-state index is 11.8. The molecule has 26 heavy (non-hydrogen) atoms. The second kappa shape index (κ2) is 9.22. The summed E-state index contributed by atoms with van der Waals surface area (Å²) in [5, 5.41) is 12.4. The molecular weight excluding hydrogens is 336 g/mol. The molecule has 0 atom stereocenters. The van der Waals surface area contributed by atoms with Crippen molar-refractivity contribution in [3.63, 3.8) is 0 Å². The number of hydrogen-bond donors (Lipinski definition) is 2. The van der Waals surface area contributed by atoms with E-state index in [1.54, 1.807) is 24.3 Å². The predicted molar refractivity (Wildman–Crippen MR) is 96.7 cm³/mol. The quantitative estimate of drug-likeness (QED) is 0.559. The summed E-state index contributed by atoms with van der Waals surface area (Å²) in [6.45, 7) is 3.39. The molecule has 136 valence electrons. The number of rotatable bonds is 8. The highest BCUT2D eigenvalue weighted by atomic mass is 16.5. The lowest BCUT2D eigenvalue weighted by molar-refractivity contribution is -0.139. The number of aryl methyl sites for hydroxylation is 2. The van der Waals surface area contributed by atoms with Crippen LogP contribution < -0.4 is 14.9 Å². The van der Waals surface area contributed by atoms with Crippen molar-refractivity contribution >= 4 is 18.1 Å². The van der Waals surface area contributed by atoms with Gasteiger partial charge in [0.25, 0.3) is 5.91 Å². The minimum Gasteiger partial charge on any atom is -0.484 e. The van der Waals surface area contributed by atoms with Crippen molar-refractivity contribution in [3.05, 3.63) is 59.2 Å². The summed E-state index contributed by atoms with van der Waals surface area (Å²) in [5.41, 5.74) is 5.24. The number of aliphatic carboxylic acids is 1. The maximum Gasteiger partial charge on any atom is 0.341 e. The molecular formula is C19H20N2O5. The van der Waals surface area contributed by atoms with Crippen molar-refractivity contribution in [1.82, 2.24) is 5.43 Å². The van der Waals surface area contributed by atoms with Crippen LogP contribution in [0.25, 0.3) is 0 Å². The highest BCUT2D eigenvalue weighted by molar-refractivity contribution is 5.83. The number of nitrogens with one attached hydrogen (secondary N) is 1. The molecule has 1 amide bonds. The smallest absolute Gasteiger partial charge is 0.341 e. The summed E-state index contributed by atoms with van der Waals surface area (Å²) in [6.07, 6.45) is 1.47. The third kappa shape index (κ3) is 6.64. The van der Waals surface area contributed by atoms with Gasteiger partial charge in [0.1, 0.15) is 11.5 Å². The third-order valence-electron chi connectivity index (χ3n) is 3.21. The number of nitrogens with zero attached hydrogens (tertiary/aromatic N) is 1. The van der Waals surface area contributed by atoms with E-state index in [4.69, 9.17) is 14.6 Å². The summed E-state index contributed by atoms with van der Waals surface area (Å²) in [7, 11) is 0. The first-order chi connectivity index (χ1) is 12.4. The van der Waals surface area contributed by atoms with Crippen LogP contribution in [0.15, 0.2) is 47.6 Å². The second-order valence-corrected chi connectivity index (χ2v) is 5.66. The molecule has 0 spiro atoms. The lowest BCUT2D eigenvalue weighted by Gasteiger charge is -2.07. The number of amides is 1. The molecule has 7 nitrogen and oxygen atoms in total. The Morgan fingerprint density at radius 2 is 1.62 bits per heavy atom. The average molecular weight is 356 g/mol. The fourth-order valence-corrected chi connectivity index (χ4v) is 2.17. The molecule has 2 rings (SSSR count). The van der Waals surface area contributed by atoms with Crippen molar-refractivity contribution in [3.8, 4) is 11.5 Å². The second-order valence-electron chi connectivity index (χ2n) is 5.66. The van der Waals surface area contributed by atoms with E-state index >= 15 is 0 Å². The summed E-state index contributed by atoms with van der Waals surface area (Å²) in [4.78, 5) is 22.2. The summed E-state index contributed by atoms with van der Waals surface area (Å²) < 4.78 is 10.5. The first kappa shape index (κ1) is 19.0. The molecule has 0 aliphatic heterocycles. The Morgan fingerprint density at radius 3 is 2.23 bits per heavy atom. The number of ether oxygens (including phenoxy) is 2. The Bertz CT molecular complexity index is 780. The van der Waals surface area contributed by atoms with E-state index < -0.39 is 12.6 Å². The van der Waals surface area contributed by atoms with Crippen LogP contribution in [0.5, 0.6) is 11.5 Å².